The zero-order valence-electron chi connectivity index (χ0n) is 13.6. The van der Waals surface area contributed by atoms with Gasteiger partial charge in [-0.1, -0.05) is 0 Å². The van der Waals surface area contributed by atoms with Crippen molar-refractivity contribution in [2.45, 2.75) is 13.1 Å². The minimum atomic E-state index is -0.789. The molecular formula is C15H20N4O5. The molecular weight excluding hydrogens is 316 g/mol. The molecule has 3 N–H and O–H groups in total. The van der Waals surface area contributed by atoms with Gasteiger partial charge >= 0.3 is 5.69 Å². The number of carbonyl (C=O) groups is 1. The van der Waals surface area contributed by atoms with E-state index >= 15 is 0 Å². The van der Waals surface area contributed by atoms with Crippen molar-refractivity contribution >= 4 is 11.6 Å². The quantitative estimate of drug-likeness (QED) is 0.633. The first-order chi connectivity index (χ1) is 11.4. The monoisotopic (exact) mass is 336 g/mol. The number of aromatic amines is 1. The summed E-state index contributed by atoms with van der Waals surface area (Å²) in [6.07, 6.45) is 1.54. The largest absolute Gasteiger partial charge is 0.468 e. The van der Waals surface area contributed by atoms with Gasteiger partial charge in [-0.05, 0) is 19.2 Å². The number of hydrogen-bond donors (Lipinski definition) is 2. The molecule has 2 aromatic heterocycles. The molecule has 0 fully saturated rings. The van der Waals surface area contributed by atoms with Gasteiger partial charge in [-0.15, -0.1) is 0 Å². The lowest BCUT2D eigenvalue weighted by molar-refractivity contribution is 0.0938. The van der Waals surface area contributed by atoms with Crippen molar-refractivity contribution in [2.24, 2.45) is 0 Å². The lowest BCUT2D eigenvalue weighted by Crippen LogP contribution is -2.39. The number of H-pyrrole nitrogens is 1. The van der Waals surface area contributed by atoms with E-state index in [4.69, 9.17) is 14.9 Å². The fraction of sp³-hybridized carbons (Fsp3) is 0.400. The number of aromatic nitrogens is 2. The molecule has 0 atom stereocenters. The van der Waals surface area contributed by atoms with Crippen molar-refractivity contribution in [1.29, 1.82) is 0 Å². The number of ketones is 1. The molecule has 9 heteroatoms. The molecule has 0 aliphatic heterocycles. The van der Waals surface area contributed by atoms with Crippen molar-refractivity contribution in [3.63, 3.8) is 0 Å². The summed E-state index contributed by atoms with van der Waals surface area (Å²) < 4.78 is 11.2. The number of furan rings is 1. The maximum Gasteiger partial charge on any atom is 0.330 e. The Morgan fingerprint density at radius 1 is 1.46 bits per heavy atom. The summed E-state index contributed by atoms with van der Waals surface area (Å²) in [6, 6.07) is 3.53. The summed E-state index contributed by atoms with van der Waals surface area (Å²) in [6.45, 7) is 0.721. The van der Waals surface area contributed by atoms with Gasteiger partial charge in [0.15, 0.2) is 5.78 Å². The normalized spacial score (nSPS) is 11.1. The SMILES string of the molecule is COCCn1c(N)c(C(=O)CN(C)Cc2ccco2)c(=O)[nH]c1=O. The average molecular weight is 336 g/mol. The third-order valence-corrected chi connectivity index (χ3v) is 3.46. The van der Waals surface area contributed by atoms with Crippen molar-refractivity contribution in [2.75, 3.05) is 33.0 Å². The topological polar surface area (TPSA) is 124 Å². The van der Waals surface area contributed by atoms with Gasteiger partial charge in [0.05, 0.1) is 32.5 Å². The van der Waals surface area contributed by atoms with Crippen molar-refractivity contribution in [3.05, 3.63) is 50.6 Å². The van der Waals surface area contributed by atoms with E-state index in [0.717, 1.165) is 4.57 Å². The van der Waals surface area contributed by atoms with Gasteiger partial charge in [-0.3, -0.25) is 24.0 Å². The van der Waals surface area contributed by atoms with E-state index in [1.165, 1.54) is 7.11 Å². The Morgan fingerprint density at radius 3 is 2.83 bits per heavy atom. The van der Waals surface area contributed by atoms with Crippen LogP contribution in [0.2, 0.25) is 0 Å². The van der Waals surface area contributed by atoms with E-state index in [9.17, 15) is 14.4 Å². The summed E-state index contributed by atoms with van der Waals surface area (Å²) in [4.78, 5) is 40.0. The van der Waals surface area contributed by atoms with Gasteiger partial charge in [0.2, 0.25) is 0 Å². The van der Waals surface area contributed by atoms with E-state index in [1.807, 2.05) is 0 Å². The number of likely N-dealkylation sites (N-methyl/N-ethyl adjacent to an activating group) is 1. The highest BCUT2D eigenvalue weighted by molar-refractivity contribution is 6.01. The molecule has 0 saturated heterocycles. The molecule has 24 heavy (non-hydrogen) atoms. The number of Topliss-reactive ketones (excluding diaryl/α,β-unsaturated/α-hetero) is 1. The van der Waals surface area contributed by atoms with Crippen LogP contribution in [0.1, 0.15) is 16.1 Å². The number of nitrogens with one attached hydrogen (secondary N) is 1. The first-order valence-corrected chi connectivity index (χ1v) is 7.29. The summed E-state index contributed by atoms with van der Waals surface area (Å²) in [7, 11) is 3.19. The molecule has 0 radical (unpaired) electrons. The summed E-state index contributed by atoms with van der Waals surface area (Å²) in [5, 5.41) is 0. The van der Waals surface area contributed by atoms with Crippen LogP contribution < -0.4 is 17.0 Å². The summed E-state index contributed by atoms with van der Waals surface area (Å²) in [5.41, 5.74) is 4.18. The number of nitrogens with zero attached hydrogens (tertiary/aromatic N) is 2. The first kappa shape index (κ1) is 17.7. The van der Waals surface area contributed by atoms with E-state index in [2.05, 4.69) is 4.98 Å². The van der Waals surface area contributed by atoms with Crippen LogP contribution in [-0.4, -0.2) is 47.5 Å². The van der Waals surface area contributed by atoms with Crippen molar-refractivity contribution < 1.29 is 13.9 Å². The second-order valence-corrected chi connectivity index (χ2v) is 5.34. The minimum Gasteiger partial charge on any atom is -0.468 e. The van der Waals surface area contributed by atoms with Crippen LogP contribution >= 0.6 is 0 Å². The maximum atomic E-state index is 12.4. The summed E-state index contributed by atoms with van der Waals surface area (Å²) >= 11 is 0. The summed E-state index contributed by atoms with van der Waals surface area (Å²) in [5.74, 6) is 0.0587. The number of hydrogen-bond acceptors (Lipinski definition) is 7. The molecule has 0 unspecified atom stereocenters. The Kier molecular flexibility index (Phi) is 5.72. The third-order valence-electron chi connectivity index (χ3n) is 3.46. The molecule has 2 heterocycles. The lowest BCUT2D eigenvalue weighted by Gasteiger charge is -2.16. The highest BCUT2D eigenvalue weighted by atomic mass is 16.5. The number of carbonyl (C=O) groups excluding carboxylic acids is 1. The van der Waals surface area contributed by atoms with Gasteiger partial charge in [-0.25, -0.2) is 4.79 Å². The Labute approximate surface area is 137 Å². The number of rotatable bonds is 8. The van der Waals surface area contributed by atoms with Crippen LogP contribution in [0.4, 0.5) is 5.82 Å². The predicted molar refractivity (Wildman–Crippen MR) is 87.0 cm³/mol. The Morgan fingerprint density at radius 2 is 2.21 bits per heavy atom. The maximum absolute atomic E-state index is 12.4. The second kappa shape index (κ2) is 7.75. The standard InChI is InChI=1S/C15H20N4O5/c1-18(8-10-4-3-6-24-10)9-11(20)12-13(16)19(5-7-23-2)15(22)17-14(12)21/h3-4,6H,5,7-9,16H2,1-2H3,(H,17,21,22). The fourth-order valence-corrected chi connectivity index (χ4v) is 2.31. The van der Waals surface area contributed by atoms with E-state index in [1.54, 1.807) is 30.3 Å². The zero-order valence-corrected chi connectivity index (χ0v) is 13.6. The first-order valence-electron chi connectivity index (χ1n) is 7.29. The lowest BCUT2D eigenvalue weighted by atomic mass is 10.2. The van der Waals surface area contributed by atoms with Crippen LogP contribution in [-0.2, 0) is 17.8 Å². The molecule has 2 aromatic rings. The minimum absolute atomic E-state index is 0.0452. The van der Waals surface area contributed by atoms with Gasteiger partial charge in [0, 0.05) is 7.11 Å². The molecule has 0 amide bonds. The van der Waals surface area contributed by atoms with Crippen LogP contribution in [0.25, 0.3) is 0 Å². The number of anilines is 1. The fourth-order valence-electron chi connectivity index (χ4n) is 2.31. The van der Waals surface area contributed by atoms with E-state index in [-0.39, 0.29) is 31.1 Å². The molecule has 0 aromatic carbocycles. The van der Waals surface area contributed by atoms with Gasteiger partial charge < -0.3 is 14.9 Å². The number of ether oxygens (including phenoxy) is 1. The molecule has 9 nitrogen and oxygen atoms in total. The zero-order chi connectivity index (χ0) is 17.7. The van der Waals surface area contributed by atoms with E-state index in [0.29, 0.717) is 12.3 Å². The van der Waals surface area contributed by atoms with Gasteiger partial charge in [0.1, 0.15) is 17.1 Å². The molecule has 0 bridgehead atoms. The number of nitrogen functional groups attached to an aromatic ring is 1. The van der Waals surface area contributed by atoms with E-state index < -0.39 is 17.0 Å². The van der Waals surface area contributed by atoms with Crippen molar-refractivity contribution in [1.82, 2.24) is 14.5 Å². The Balaban J connectivity index is 2.22. The third kappa shape index (κ3) is 4.00. The molecule has 0 spiro atoms. The Hall–Kier alpha value is -2.65. The van der Waals surface area contributed by atoms with Gasteiger partial charge in [-0.2, -0.15) is 0 Å². The van der Waals surface area contributed by atoms with Crippen molar-refractivity contribution in [3.8, 4) is 0 Å². The molecule has 0 aliphatic rings. The molecule has 0 aliphatic carbocycles. The number of methoxy groups -OCH3 is 1. The highest BCUT2D eigenvalue weighted by Gasteiger charge is 2.20. The molecule has 0 saturated carbocycles. The second-order valence-electron chi connectivity index (χ2n) is 5.34. The Bertz CT molecular complexity index is 806. The van der Waals surface area contributed by atoms with Crippen LogP contribution in [0.5, 0.6) is 0 Å². The number of nitrogens with two attached hydrogens (primary N) is 1. The van der Waals surface area contributed by atoms with Crippen LogP contribution in [0.15, 0.2) is 32.4 Å². The van der Waals surface area contributed by atoms with Gasteiger partial charge in [0.25, 0.3) is 5.56 Å². The molecule has 130 valence electrons. The van der Waals surface area contributed by atoms with Crippen LogP contribution in [0, 0.1) is 0 Å². The highest BCUT2D eigenvalue weighted by Crippen LogP contribution is 2.08. The predicted octanol–water partition coefficient (Wildman–Crippen LogP) is -0.327. The average Bonchev–Trinajstić information content (AvgIpc) is 2.99. The molecule has 2 rings (SSSR count). The van der Waals surface area contributed by atoms with Crippen LogP contribution in [0.3, 0.4) is 0 Å². The smallest absolute Gasteiger partial charge is 0.330 e.